The van der Waals surface area contributed by atoms with Crippen molar-refractivity contribution in [3.63, 3.8) is 0 Å². The Labute approximate surface area is 144 Å². The van der Waals surface area contributed by atoms with Crippen molar-refractivity contribution in [2.45, 2.75) is 13.3 Å². The number of nitro benzene ring substituents is 1. The maximum absolute atomic E-state index is 11.9. The molecule has 0 fully saturated rings. The first-order valence-corrected chi connectivity index (χ1v) is 7.61. The van der Waals surface area contributed by atoms with Crippen LogP contribution in [0.5, 0.6) is 0 Å². The highest BCUT2D eigenvalue weighted by molar-refractivity contribution is 5.97. The lowest BCUT2D eigenvalue weighted by atomic mass is 10.1. The van der Waals surface area contributed by atoms with Gasteiger partial charge in [0.15, 0.2) is 0 Å². The van der Waals surface area contributed by atoms with Crippen LogP contribution in [0.2, 0.25) is 0 Å². The van der Waals surface area contributed by atoms with Crippen LogP contribution in [0.15, 0.2) is 54.6 Å². The number of hydrogen-bond donors (Lipinski definition) is 2. The number of amides is 2. The number of nitrogens with zero attached hydrogens (tertiary/aromatic N) is 1. The van der Waals surface area contributed by atoms with Crippen LogP contribution in [0, 0.1) is 10.1 Å². The molecule has 0 saturated carbocycles. The van der Waals surface area contributed by atoms with E-state index in [1.54, 1.807) is 12.1 Å². The van der Waals surface area contributed by atoms with Crippen molar-refractivity contribution >= 4 is 23.6 Å². The Morgan fingerprint density at radius 1 is 1.04 bits per heavy atom. The summed E-state index contributed by atoms with van der Waals surface area (Å²) in [6.07, 6.45) is 3.59. The number of nitro groups is 1. The number of nitrogens with one attached hydrogen (secondary N) is 2. The van der Waals surface area contributed by atoms with Crippen LogP contribution in [0.25, 0.3) is 6.08 Å². The Balaban J connectivity index is 1.86. The molecule has 128 valence electrons. The van der Waals surface area contributed by atoms with Crippen molar-refractivity contribution < 1.29 is 14.5 Å². The summed E-state index contributed by atoms with van der Waals surface area (Å²) in [6, 6.07) is 12.8. The number of hydrazine groups is 1. The molecule has 0 atom stereocenters. The Morgan fingerprint density at radius 2 is 1.68 bits per heavy atom. The van der Waals surface area contributed by atoms with Gasteiger partial charge in [-0.3, -0.25) is 30.6 Å². The van der Waals surface area contributed by atoms with Gasteiger partial charge in [-0.15, -0.1) is 0 Å². The molecule has 0 aliphatic carbocycles. The van der Waals surface area contributed by atoms with Crippen molar-refractivity contribution in [2.24, 2.45) is 0 Å². The molecule has 0 aromatic heterocycles. The predicted octanol–water partition coefficient (Wildman–Crippen LogP) is 2.63. The Hall–Kier alpha value is -3.48. The zero-order chi connectivity index (χ0) is 18.2. The summed E-state index contributed by atoms with van der Waals surface area (Å²) in [5.41, 5.74) is 6.75. The largest absolute Gasteiger partial charge is 0.269 e. The highest BCUT2D eigenvalue weighted by Gasteiger charge is 2.06. The standard InChI is InChI=1S/C18H17N3O4/c1-2-13-3-8-15(9-4-13)18(23)20-19-17(22)12-7-14-5-10-16(11-6-14)21(24)25/h3-12H,2H2,1H3,(H,19,22)(H,20,23). The summed E-state index contributed by atoms with van der Waals surface area (Å²) < 4.78 is 0. The molecule has 0 aliphatic rings. The van der Waals surface area contributed by atoms with Gasteiger partial charge in [0.2, 0.25) is 0 Å². The first kappa shape index (κ1) is 17.9. The van der Waals surface area contributed by atoms with Crippen molar-refractivity contribution in [1.29, 1.82) is 0 Å². The van der Waals surface area contributed by atoms with Gasteiger partial charge in [-0.25, -0.2) is 0 Å². The number of non-ortho nitro benzene ring substituents is 1. The predicted molar refractivity (Wildman–Crippen MR) is 93.6 cm³/mol. The highest BCUT2D eigenvalue weighted by Crippen LogP contribution is 2.12. The van der Waals surface area contributed by atoms with Crippen LogP contribution < -0.4 is 10.9 Å². The summed E-state index contributed by atoms with van der Waals surface area (Å²) in [4.78, 5) is 33.7. The molecule has 2 aromatic rings. The summed E-state index contributed by atoms with van der Waals surface area (Å²) in [6.45, 7) is 2.02. The van der Waals surface area contributed by atoms with Gasteiger partial charge in [-0.2, -0.15) is 0 Å². The maximum Gasteiger partial charge on any atom is 0.269 e. The molecular formula is C18H17N3O4. The minimum atomic E-state index is -0.517. The third-order valence-corrected chi connectivity index (χ3v) is 3.45. The second kappa shape index (κ2) is 8.39. The van der Waals surface area contributed by atoms with Gasteiger partial charge < -0.3 is 0 Å². The van der Waals surface area contributed by atoms with E-state index in [9.17, 15) is 19.7 Å². The summed E-state index contributed by atoms with van der Waals surface area (Å²) in [5, 5.41) is 10.6. The lowest BCUT2D eigenvalue weighted by Gasteiger charge is -2.06. The number of benzene rings is 2. The van der Waals surface area contributed by atoms with Gasteiger partial charge in [-0.05, 0) is 47.9 Å². The second-order valence-electron chi connectivity index (χ2n) is 5.18. The first-order valence-electron chi connectivity index (χ1n) is 7.61. The van der Waals surface area contributed by atoms with Gasteiger partial charge in [-0.1, -0.05) is 19.1 Å². The van der Waals surface area contributed by atoms with E-state index in [0.717, 1.165) is 12.0 Å². The smallest absolute Gasteiger partial charge is 0.268 e. The third kappa shape index (κ3) is 5.28. The SMILES string of the molecule is CCc1ccc(C(=O)NNC(=O)C=Cc2ccc([N+](=O)[O-])cc2)cc1. The van der Waals surface area contributed by atoms with E-state index >= 15 is 0 Å². The summed E-state index contributed by atoms with van der Waals surface area (Å²) in [7, 11) is 0. The normalized spacial score (nSPS) is 10.4. The zero-order valence-electron chi connectivity index (χ0n) is 13.6. The van der Waals surface area contributed by atoms with Gasteiger partial charge >= 0.3 is 0 Å². The average Bonchev–Trinajstić information content (AvgIpc) is 2.64. The number of hydrogen-bond acceptors (Lipinski definition) is 4. The first-order chi connectivity index (χ1) is 12.0. The van der Waals surface area contributed by atoms with Gasteiger partial charge in [0, 0.05) is 23.8 Å². The second-order valence-corrected chi connectivity index (χ2v) is 5.18. The van der Waals surface area contributed by atoms with Crippen molar-refractivity contribution in [2.75, 3.05) is 0 Å². The maximum atomic E-state index is 11.9. The van der Waals surface area contributed by atoms with Crippen molar-refractivity contribution in [3.05, 3.63) is 81.4 Å². The van der Waals surface area contributed by atoms with E-state index in [2.05, 4.69) is 10.9 Å². The molecule has 25 heavy (non-hydrogen) atoms. The minimum Gasteiger partial charge on any atom is -0.268 e. The molecule has 0 spiro atoms. The molecule has 0 heterocycles. The molecule has 2 N–H and O–H groups in total. The topological polar surface area (TPSA) is 101 Å². The monoisotopic (exact) mass is 339 g/mol. The number of carbonyl (C=O) groups is 2. The van der Waals surface area contributed by atoms with E-state index in [-0.39, 0.29) is 5.69 Å². The van der Waals surface area contributed by atoms with E-state index in [1.165, 1.54) is 36.4 Å². The highest BCUT2D eigenvalue weighted by atomic mass is 16.6. The molecule has 7 nitrogen and oxygen atoms in total. The van der Waals surface area contributed by atoms with Crippen molar-refractivity contribution in [1.82, 2.24) is 10.9 Å². The molecule has 0 bridgehead atoms. The number of carbonyl (C=O) groups excluding carboxylic acids is 2. The fraction of sp³-hybridized carbons (Fsp3) is 0.111. The molecule has 2 rings (SSSR count). The Morgan fingerprint density at radius 3 is 2.24 bits per heavy atom. The van der Waals surface area contributed by atoms with Crippen LogP contribution in [-0.2, 0) is 11.2 Å². The van der Waals surface area contributed by atoms with Gasteiger partial charge in [0.05, 0.1) is 4.92 Å². The van der Waals surface area contributed by atoms with Crippen LogP contribution in [-0.4, -0.2) is 16.7 Å². The minimum absolute atomic E-state index is 0.0250. The molecule has 2 aromatic carbocycles. The number of aryl methyl sites for hydroxylation is 1. The molecule has 2 amide bonds. The zero-order valence-corrected chi connectivity index (χ0v) is 13.6. The average molecular weight is 339 g/mol. The fourth-order valence-corrected chi connectivity index (χ4v) is 2.00. The molecule has 7 heteroatoms. The molecule has 0 unspecified atom stereocenters. The van der Waals surface area contributed by atoms with Gasteiger partial charge in [0.1, 0.15) is 0 Å². The lowest BCUT2D eigenvalue weighted by Crippen LogP contribution is -2.40. The summed E-state index contributed by atoms with van der Waals surface area (Å²) in [5.74, 6) is -0.934. The molecule has 0 aliphatic heterocycles. The third-order valence-electron chi connectivity index (χ3n) is 3.45. The quantitative estimate of drug-likeness (QED) is 0.497. The Kier molecular flexibility index (Phi) is 6.00. The van der Waals surface area contributed by atoms with Gasteiger partial charge in [0.25, 0.3) is 17.5 Å². The summed E-state index contributed by atoms with van der Waals surface area (Å²) >= 11 is 0. The molecular weight excluding hydrogens is 322 g/mol. The van der Waals surface area contributed by atoms with Crippen LogP contribution in [0.4, 0.5) is 5.69 Å². The van der Waals surface area contributed by atoms with Crippen LogP contribution in [0.3, 0.4) is 0 Å². The van der Waals surface area contributed by atoms with Crippen LogP contribution in [0.1, 0.15) is 28.4 Å². The van der Waals surface area contributed by atoms with E-state index < -0.39 is 16.7 Å². The van der Waals surface area contributed by atoms with E-state index in [1.807, 2.05) is 19.1 Å². The fourth-order valence-electron chi connectivity index (χ4n) is 2.00. The Bertz CT molecular complexity index is 796. The van der Waals surface area contributed by atoms with E-state index in [0.29, 0.717) is 11.1 Å². The molecule has 0 radical (unpaired) electrons. The number of rotatable bonds is 5. The van der Waals surface area contributed by atoms with Crippen LogP contribution >= 0.6 is 0 Å². The van der Waals surface area contributed by atoms with E-state index in [4.69, 9.17) is 0 Å². The lowest BCUT2D eigenvalue weighted by molar-refractivity contribution is -0.384. The van der Waals surface area contributed by atoms with Crippen molar-refractivity contribution in [3.8, 4) is 0 Å². The molecule has 0 saturated heterocycles.